The Morgan fingerprint density at radius 2 is 1.64 bits per heavy atom. The molecule has 0 aromatic heterocycles. The second-order valence-corrected chi connectivity index (χ2v) is 7.73. The van der Waals surface area contributed by atoms with Crippen LogP contribution in [0.1, 0.15) is 0 Å². The molecule has 0 bridgehead atoms. The van der Waals surface area contributed by atoms with Crippen LogP contribution in [0.15, 0.2) is 38.1 Å². The Balaban J connectivity index is 2.50. The van der Waals surface area contributed by atoms with E-state index in [1.807, 2.05) is 0 Å². The van der Waals surface area contributed by atoms with E-state index in [1.54, 1.807) is 0 Å². The molecule has 2 aromatic carbocycles. The van der Waals surface area contributed by atoms with Crippen LogP contribution in [-0.2, 0) is 10.0 Å². The molecule has 118 valence electrons. The first kappa shape index (κ1) is 17.6. The fourth-order valence-corrected chi connectivity index (χ4v) is 4.28. The summed E-state index contributed by atoms with van der Waals surface area (Å²) in [4.78, 5) is -0.495. The van der Waals surface area contributed by atoms with Gasteiger partial charge in [-0.2, -0.15) is 0 Å². The molecule has 1 N–H and O–H groups in total. The van der Waals surface area contributed by atoms with Crippen molar-refractivity contribution in [1.82, 2.24) is 0 Å². The van der Waals surface area contributed by atoms with Crippen molar-refractivity contribution >= 4 is 59.2 Å². The topological polar surface area (TPSA) is 46.2 Å². The minimum absolute atomic E-state index is 0.0350. The van der Waals surface area contributed by atoms with E-state index >= 15 is 0 Å². The van der Waals surface area contributed by atoms with Crippen LogP contribution in [0.5, 0.6) is 0 Å². The van der Waals surface area contributed by atoms with Crippen LogP contribution in [0.4, 0.5) is 18.9 Å². The largest absolute Gasteiger partial charge is 0.277 e. The van der Waals surface area contributed by atoms with Gasteiger partial charge < -0.3 is 0 Å². The molecule has 0 aliphatic heterocycles. The molecule has 0 saturated heterocycles. The number of hydrogen-bond acceptors (Lipinski definition) is 2. The van der Waals surface area contributed by atoms with Crippen LogP contribution in [-0.4, -0.2) is 8.42 Å². The first-order valence-corrected chi connectivity index (χ1v) is 8.89. The minimum atomic E-state index is -4.22. The zero-order valence-electron chi connectivity index (χ0n) is 10.3. The van der Waals surface area contributed by atoms with Gasteiger partial charge in [0.1, 0.15) is 5.82 Å². The van der Waals surface area contributed by atoms with Crippen molar-refractivity contribution in [3.8, 4) is 0 Å². The van der Waals surface area contributed by atoms with Gasteiger partial charge in [0.25, 0.3) is 10.0 Å². The fraction of sp³-hybridized carbons (Fsp3) is 0. The lowest BCUT2D eigenvalue weighted by atomic mass is 10.3. The summed E-state index contributed by atoms with van der Waals surface area (Å²) in [6.45, 7) is 0. The number of hydrogen-bond donors (Lipinski definition) is 1. The number of sulfonamides is 1. The summed E-state index contributed by atoms with van der Waals surface area (Å²) in [6.07, 6.45) is 0. The molecule has 0 radical (unpaired) electrons. The molecule has 0 spiro atoms. The van der Waals surface area contributed by atoms with E-state index in [9.17, 15) is 21.6 Å². The van der Waals surface area contributed by atoms with Gasteiger partial charge in [-0.05, 0) is 56.1 Å². The smallest absolute Gasteiger partial charge is 0.262 e. The van der Waals surface area contributed by atoms with Crippen LogP contribution in [0.3, 0.4) is 0 Å². The van der Waals surface area contributed by atoms with Crippen molar-refractivity contribution in [2.75, 3.05) is 4.72 Å². The van der Waals surface area contributed by atoms with E-state index in [2.05, 4.69) is 36.6 Å². The van der Waals surface area contributed by atoms with Gasteiger partial charge in [0, 0.05) is 4.47 Å². The number of benzene rings is 2. The monoisotopic (exact) mass is 477 g/mol. The zero-order chi connectivity index (χ0) is 16.7. The Bertz CT molecular complexity index is 862. The quantitative estimate of drug-likeness (QED) is 0.493. The number of halogens is 6. The Labute approximate surface area is 145 Å². The second kappa shape index (κ2) is 6.38. The lowest BCUT2D eigenvalue weighted by Gasteiger charge is -2.13. The summed E-state index contributed by atoms with van der Waals surface area (Å²) in [5.41, 5.74) is -0.0730. The number of rotatable bonds is 3. The summed E-state index contributed by atoms with van der Waals surface area (Å²) in [6, 6.07) is 3.08. The standard InChI is InChI=1S/C12H5Br2ClF3NO2S/c13-6-4-9(18)11(15)10(14)12(6)19-22(20,21)5-1-2-7(16)8(17)3-5/h1-4,19H. The average molecular weight is 479 g/mol. The average Bonchev–Trinajstić information content (AvgIpc) is 2.44. The summed E-state index contributed by atoms with van der Waals surface area (Å²) < 4.78 is 66.0. The predicted molar refractivity (Wildman–Crippen MR) is 84.0 cm³/mol. The van der Waals surface area contributed by atoms with Gasteiger partial charge in [-0.1, -0.05) is 11.6 Å². The van der Waals surface area contributed by atoms with Gasteiger partial charge in [-0.3, -0.25) is 4.72 Å². The second-order valence-electron chi connectivity index (χ2n) is 4.02. The lowest BCUT2D eigenvalue weighted by Crippen LogP contribution is -2.14. The normalized spacial score (nSPS) is 11.5. The summed E-state index contributed by atoms with van der Waals surface area (Å²) in [7, 11) is -4.22. The lowest BCUT2D eigenvalue weighted by molar-refractivity contribution is 0.504. The van der Waals surface area contributed by atoms with Gasteiger partial charge in [-0.15, -0.1) is 0 Å². The Morgan fingerprint density at radius 3 is 2.23 bits per heavy atom. The highest BCUT2D eigenvalue weighted by Crippen LogP contribution is 2.39. The molecule has 0 aliphatic rings. The van der Waals surface area contributed by atoms with Crippen LogP contribution < -0.4 is 4.72 Å². The first-order chi connectivity index (χ1) is 10.1. The van der Waals surface area contributed by atoms with E-state index in [0.29, 0.717) is 12.1 Å². The Kier molecular flexibility index (Phi) is 5.10. The molecule has 0 saturated carbocycles. The summed E-state index contributed by atoms with van der Waals surface area (Å²) >= 11 is 11.7. The predicted octanol–water partition coefficient (Wildman–Crippen LogP) is 5.08. The molecular formula is C12H5Br2ClF3NO2S. The maximum atomic E-state index is 13.4. The highest BCUT2D eigenvalue weighted by atomic mass is 79.9. The molecule has 2 aromatic rings. The highest BCUT2D eigenvalue weighted by molar-refractivity contribution is 9.11. The maximum absolute atomic E-state index is 13.4. The fourth-order valence-electron chi connectivity index (χ4n) is 1.50. The van der Waals surface area contributed by atoms with E-state index < -0.39 is 32.4 Å². The summed E-state index contributed by atoms with van der Waals surface area (Å²) in [5.74, 6) is -3.25. The van der Waals surface area contributed by atoms with Gasteiger partial charge in [0.05, 0.1) is 20.1 Å². The van der Waals surface area contributed by atoms with Crippen LogP contribution in [0.25, 0.3) is 0 Å². The summed E-state index contributed by atoms with van der Waals surface area (Å²) in [5, 5.41) is -0.328. The molecule has 0 amide bonds. The van der Waals surface area contributed by atoms with E-state index in [1.165, 1.54) is 0 Å². The zero-order valence-corrected chi connectivity index (χ0v) is 15.0. The SMILES string of the molecule is O=S(=O)(Nc1c(Br)cc(F)c(Cl)c1Br)c1ccc(F)c(F)c1. The Morgan fingerprint density at radius 1 is 1.00 bits per heavy atom. The van der Waals surface area contributed by atoms with Gasteiger partial charge in [-0.25, -0.2) is 21.6 Å². The van der Waals surface area contributed by atoms with Crippen molar-refractivity contribution in [2.45, 2.75) is 4.90 Å². The molecule has 10 heteroatoms. The molecule has 0 atom stereocenters. The highest BCUT2D eigenvalue weighted by Gasteiger charge is 2.22. The van der Waals surface area contributed by atoms with Crippen LogP contribution in [0.2, 0.25) is 5.02 Å². The van der Waals surface area contributed by atoms with Crippen molar-refractivity contribution in [2.24, 2.45) is 0 Å². The van der Waals surface area contributed by atoms with E-state index in [-0.39, 0.29) is 19.7 Å². The van der Waals surface area contributed by atoms with Gasteiger partial charge >= 0.3 is 0 Å². The van der Waals surface area contributed by atoms with E-state index in [4.69, 9.17) is 11.6 Å². The van der Waals surface area contributed by atoms with E-state index in [0.717, 1.165) is 12.1 Å². The molecule has 22 heavy (non-hydrogen) atoms. The molecule has 0 fully saturated rings. The van der Waals surface area contributed by atoms with Crippen LogP contribution >= 0.6 is 43.5 Å². The molecule has 0 aliphatic carbocycles. The molecule has 3 nitrogen and oxygen atoms in total. The third-order valence-corrected chi connectivity index (χ3v) is 5.92. The van der Waals surface area contributed by atoms with Crippen molar-refractivity contribution in [3.05, 3.63) is 55.7 Å². The minimum Gasteiger partial charge on any atom is -0.277 e. The third kappa shape index (κ3) is 3.42. The molecular weight excluding hydrogens is 474 g/mol. The molecule has 0 heterocycles. The van der Waals surface area contributed by atoms with Crippen molar-refractivity contribution in [1.29, 1.82) is 0 Å². The van der Waals surface area contributed by atoms with Gasteiger partial charge in [0.2, 0.25) is 0 Å². The number of anilines is 1. The molecule has 0 unspecified atom stereocenters. The molecule has 2 rings (SSSR count). The first-order valence-electron chi connectivity index (χ1n) is 5.44. The van der Waals surface area contributed by atoms with Crippen molar-refractivity contribution in [3.63, 3.8) is 0 Å². The number of nitrogens with one attached hydrogen (secondary N) is 1. The third-order valence-electron chi connectivity index (χ3n) is 2.55. The van der Waals surface area contributed by atoms with Crippen LogP contribution in [0, 0.1) is 17.5 Å². The Hall–Kier alpha value is -0.770. The maximum Gasteiger partial charge on any atom is 0.262 e. The van der Waals surface area contributed by atoms with Crippen molar-refractivity contribution < 1.29 is 21.6 Å². The van der Waals surface area contributed by atoms with Gasteiger partial charge in [0.15, 0.2) is 11.6 Å².